The molecule has 0 aromatic heterocycles. The quantitative estimate of drug-likeness (QED) is 0.782. The minimum atomic E-state index is -2.85. The van der Waals surface area contributed by atoms with Crippen LogP contribution < -0.4 is 0 Å². The molecule has 0 radical (unpaired) electrons. The number of sulfone groups is 1. The van der Waals surface area contributed by atoms with Crippen molar-refractivity contribution >= 4 is 9.84 Å². The van der Waals surface area contributed by atoms with E-state index in [1.165, 1.54) is 5.56 Å². The molecular weight excluding hydrogens is 232 g/mol. The summed E-state index contributed by atoms with van der Waals surface area (Å²) < 4.78 is 22.8. The first-order valence-electron chi connectivity index (χ1n) is 6.21. The van der Waals surface area contributed by atoms with E-state index in [4.69, 9.17) is 0 Å². The van der Waals surface area contributed by atoms with Crippen LogP contribution in [-0.2, 0) is 22.7 Å². The first-order valence-corrected chi connectivity index (χ1v) is 8.03. The van der Waals surface area contributed by atoms with Gasteiger partial charge in [0, 0.05) is 5.75 Å². The molecule has 2 nitrogen and oxygen atoms in total. The Morgan fingerprint density at radius 2 is 1.59 bits per heavy atom. The molecule has 1 aromatic rings. The fraction of sp³-hybridized carbons (Fsp3) is 0.571. The molecule has 0 fully saturated rings. The molecule has 0 amide bonds. The molecule has 0 N–H and O–H groups in total. The lowest BCUT2D eigenvalue weighted by Gasteiger charge is -2.06. The van der Waals surface area contributed by atoms with Crippen LogP contribution in [0.5, 0.6) is 0 Å². The Bertz CT molecular complexity index is 430. The van der Waals surface area contributed by atoms with Crippen molar-refractivity contribution in [1.29, 1.82) is 0 Å². The zero-order valence-electron chi connectivity index (χ0n) is 10.9. The molecule has 0 aliphatic heterocycles. The molecule has 0 saturated carbocycles. The Morgan fingerprint density at radius 1 is 1.06 bits per heavy atom. The van der Waals surface area contributed by atoms with Crippen LogP contribution in [0.4, 0.5) is 0 Å². The molecule has 17 heavy (non-hydrogen) atoms. The zero-order chi connectivity index (χ0) is 12.9. The van der Waals surface area contributed by atoms with Crippen molar-refractivity contribution in [2.45, 2.75) is 33.6 Å². The molecule has 1 aromatic carbocycles. The summed E-state index contributed by atoms with van der Waals surface area (Å²) in [6.45, 7) is 6.09. The maximum Gasteiger partial charge on any atom is 0.150 e. The lowest BCUT2D eigenvalue weighted by molar-refractivity contribution is 0.596. The van der Waals surface area contributed by atoms with Gasteiger partial charge in [-0.1, -0.05) is 45.0 Å². The maximum absolute atomic E-state index is 11.4. The van der Waals surface area contributed by atoms with Crippen LogP contribution >= 0.6 is 0 Å². The van der Waals surface area contributed by atoms with Crippen LogP contribution in [0.3, 0.4) is 0 Å². The highest BCUT2D eigenvalue weighted by atomic mass is 32.2. The SMILES string of the molecule is CCS(=O)(=O)CCc1ccc(CC(C)C)cc1. The maximum atomic E-state index is 11.4. The van der Waals surface area contributed by atoms with Gasteiger partial charge in [-0.3, -0.25) is 0 Å². The second kappa shape index (κ2) is 6.20. The predicted octanol–water partition coefficient (Wildman–Crippen LogP) is 2.86. The molecule has 96 valence electrons. The molecule has 0 spiro atoms. The zero-order valence-corrected chi connectivity index (χ0v) is 11.8. The molecule has 0 aliphatic carbocycles. The summed E-state index contributed by atoms with van der Waals surface area (Å²) >= 11 is 0. The van der Waals surface area contributed by atoms with Gasteiger partial charge in [0.25, 0.3) is 0 Å². The van der Waals surface area contributed by atoms with E-state index in [0.29, 0.717) is 12.3 Å². The second-order valence-electron chi connectivity index (χ2n) is 4.90. The Balaban J connectivity index is 2.57. The van der Waals surface area contributed by atoms with E-state index in [-0.39, 0.29) is 11.5 Å². The van der Waals surface area contributed by atoms with Crippen molar-refractivity contribution in [1.82, 2.24) is 0 Å². The third-order valence-electron chi connectivity index (χ3n) is 2.81. The van der Waals surface area contributed by atoms with Gasteiger partial charge in [0.05, 0.1) is 5.75 Å². The molecule has 1 rings (SSSR count). The highest BCUT2D eigenvalue weighted by Crippen LogP contribution is 2.10. The van der Waals surface area contributed by atoms with Crippen molar-refractivity contribution in [2.75, 3.05) is 11.5 Å². The van der Waals surface area contributed by atoms with Gasteiger partial charge in [0.1, 0.15) is 9.84 Å². The smallest absolute Gasteiger partial charge is 0.150 e. The normalized spacial score (nSPS) is 12.0. The highest BCUT2D eigenvalue weighted by molar-refractivity contribution is 7.91. The first-order chi connectivity index (χ1) is 7.93. The molecule has 3 heteroatoms. The van der Waals surface area contributed by atoms with Gasteiger partial charge in [0.15, 0.2) is 0 Å². The minimum Gasteiger partial charge on any atom is -0.229 e. The van der Waals surface area contributed by atoms with E-state index >= 15 is 0 Å². The Morgan fingerprint density at radius 3 is 2.06 bits per heavy atom. The number of aryl methyl sites for hydroxylation is 1. The van der Waals surface area contributed by atoms with Gasteiger partial charge in [-0.25, -0.2) is 8.42 Å². The van der Waals surface area contributed by atoms with Crippen molar-refractivity contribution in [3.05, 3.63) is 35.4 Å². The summed E-state index contributed by atoms with van der Waals surface area (Å²) in [5, 5.41) is 0. The standard InChI is InChI=1S/C14H22O2S/c1-4-17(15,16)10-9-13-5-7-14(8-6-13)11-12(2)3/h5-8,12H,4,9-11H2,1-3H3. The van der Waals surface area contributed by atoms with Crippen molar-refractivity contribution < 1.29 is 8.42 Å². The summed E-state index contributed by atoms with van der Waals surface area (Å²) in [6, 6.07) is 8.30. The third-order valence-corrected chi connectivity index (χ3v) is 4.51. The largest absolute Gasteiger partial charge is 0.229 e. The van der Waals surface area contributed by atoms with Crippen molar-refractivity contribution in [3.8, 4) is 0 Å². The number of benzene rings is 1. The van der Waals surface area contributed by atoms with Gasteiger partial charge in [0.2, 0.25) is 0 Å². The van der Waals surface area contributed by atoms with Gasteiger partial charge >= 0.3 is 0 Å². The number of rotatable bonds is 6. The monoisotopic (exact) mass is 254 g/mol. The summed E-state index contributed by atoms with van der Waals surface area (Å²) in [4.78, 5) is 0. The lowest BCUT2D eigenvalue weighted by Crippen LogP contribution is -2.10. The Labute approximate surface area is 105 Å². The molecule has 0 aliphatic rings. The average molecular weight is 254 g/mol. The second-order valence-corrected chi connectivity index (χ2v) is 7.37. The topological polar surface area (TPSA) is 34.1 Å². The van der Waals surface area contributed by atoms with Gasteiger partial charge in [-0.15, -0.1) is 0 Å². The highest BCUT2D eigenvalue weighted by Gasteiger charge is 2.07. The van der Waals surface area contributed by atoms with E-state index in [1.807, 2.05) is 12.1 Å². The van der Waals surface area contributed by atoms with E-state index in [9.17, 15) is 8.42 Å². The molecular formula is C14H22O2S. The Kier molecular flexibility index (Phi) is 5.19. The van der Waals surface area contributed by atoms with E-state index < -0.39 is 9.84 Å². The van der Waals surface area contributed by atoms with Gasteiger partial charge in [-0.2, -0.15) is 0 Å². The van der Waals surface area contributed by atoms with Crippen LogP contribution in [0.1, 0.15) is 31.9 Å². The van der Waals surface area contributed by atoms with Crippen LogP contribution in [0, 0.1) is 5.92 Å². The fourth-order valence-corrected chi connectivity index (χ4v) is 2.57. The van der Waals surface area contributed by atoms with Crippen LogP contribution in [0.15, 0.2) is 24.3 Å². The van der Waals surface area contributed by atoms with Crippen LogP contribution in [0.2, 0.25) is 0 Å². The average Bonchev–Trinajstić information content (AvgIpc) is 2.28. The van der Waals surface area contributed by atoms with Crippen molar-refractivity contribution in [2.24, 2.45) is 5.92 Å². The summed E-state index contributed by atoms with van der Waals surface area (Å²) in [5.74, 6) is 1.15. The minimum absolute atomic E-state index is 0.235. The van der Waals surface area contributed by atoms with Crippen LogP contribution in [0.25, 0.3) is 0 Å². The van der Waals surface area contributed by atoms with Gasteiger partial charge in [-0.05, 0) is 29.9 Å². The summed E-state index contributed by atoms with van der Waals surface area (Å²) in [5.41, 5.74) is 2.43. The lowest BCUT2D eigenvalue weighted by atomic mass is 10.0. The van der Waals surface area contributed by atoms with Crippen molar-refractivity contribution in [3.63, 3.8) is 0 Å². The summed E-state index contributed by atoms with van der Waals surface area (Å²) in [6.07, 6.45) is 1.70. The molecule has 0 unspecified atom stereocenters. The van der Waals surface area contributed by atoms with Gasteiger partial charge < -0.3 is 0 Å². The van der Waals surface area contributed by atoms with Crippen LogP contribution in [-0.4, -0.2) is 19.9 Å². The number of hydrogen-bond acceptors (Lipinski definition) is 2. The molecule has 0 bridgehead atoms. The summed E-state index contributed by atoms with van der Waals surface area (Å²) in [7, 11) is -2.85. The Hall–Kier alpha value is -0.830. The third kappa shape index (κ3) is 5.35. The van der Waals surface area contributed by atoms with E-state index in [0.717, 1.165) is 12.0 Å². The molecule has 0 heterocycles. The molecule has 0 atom stereocenters. The fourth-order valence-electron chi connectivity index (χ4n) is 1.73. The predicted molar refractivity (Wildman–Crippen MR) is 73.0 cm³/mol. The van der Waals surface area contributed by atoms with E-state index in [2.05, 4.69) is 26.0 Å². The molecule has 0 saturated heterocycles. The van der Waals surface area contributed by atoms with E-state index in [1.54, 1.807) is 6.92 Å². The number of hydrogen-bond donors (Lipinski definition) is 0. The first kappa shape index (κ1) is 14.2.